The number of Topliss-reactive ketones (excluding diaryl/α,β-unsaturated/α-hetero) is 1. The van der Waals surface area contributed by atoms with Crippen LogP contribution in [0, 0.1) is 0 Å². The molecule has 0 radical (unpaired) electrons. The molecular weight excluding hydrogens is 421 g/mol. The van der Waals surface area contributed by atoms with Crippen LogP contribution in [-0.4, -0.2) is 30.1 Å². The Balaban J connectivity index is 2.01. The molecule has 0 aliphatic heterocycles. The topological polar surface area (TPSA) is 75.6 Å². The number of rotatable bonds is 11. The summed E-state index contributed by atoms with van der Waals surface area (Å²) in [7, 11) is -1.87. The summed E-state index contributed by atoms with van der Waals surface area (Å²) in [5, 5.41) is 15.5. The molecular formula is C26H28NO4P. The third-order valence-corrected chi connectivity index (χ3v) is 8.04. The molecule has 3 rings (SSSR count). The molecule has 6 heteroatoms. The average molecular weight is 449 g/mol. The fourth-order valence-corrected chi connectivity index (χ4v) is 6.11. The van der Waals surface area contributed by atoms with E-state index in [-0.39, 0.29) is 5.56 Å². The van der Waals surface area contributed by atoms with Crippen molar-refractivity contribution < 1.29 is 19.2 Å². The van der Waals surface area contributed by atoms with Crippen molar-refractivity contribution in [3.8, 4) is 5.75 Å². The highest BCUT2D eigenvalue weighted by atomic mass is 31.2. The summed E-state index contributed by atoms with van der Waals surface area (Å²) in [6, 6.07) is 24.2. The van der Waals surface area contributed by atoms with Gasteiger partial charge in [0.1, 0.15) is 11.9 Å². The smallest absolute Gasteiger partial charge is 0.204 e. The highest BCUT2D eigenvalue weighted by molar-refractivity contribution is 7.76. The first-order valence-electron chi connectivity index (χ1n) is 10.5. The molecule has 0 aromatic heterocycles. The minimum Gasteiger partial charge on any atom is -0.496 e. The van der Waals surface area contributed by atoms with Crippen LogP contribution in [0.2, 0.25) is 0 Å². The minimum atomic E-state index is -3.35. The number of aliphatic hydroxyl groups excluding tert-OH is 1. The second kappa shape index (κ2) is 11.1. The van der Waals surface area contributed by atoms with Crippen molar-refractivity contribution in [3.05, 3.63) is 103 Å². The Morgan fingerprint density at radius 3 is 2.06 bits per heavy atom. The molecule has 0 aliphatic rings. The third-order valence-electron chi connectivity index (χ3n) is 5.29. The van der Waals surface area contributed by atoms with Gasteiger partial charge in [-0.25, -0.2) is 0 Å². The average Bonchev–Trinajstić information content (AvgIpc) is 2.86. The van der Waals surface area contributed by atoms with E-state index in [1.54, 1.807) is 54.6 Å². The maximum absolute atomic E-state index is 14.4. The molecule has 0 saturated heterocycles. The summed E-state index contributed by atoms with van der Waals surface area (Å²) < 4.78 is 19.7. The normalized spacial score (nSPS) is 13.2. The molecule has 0 heterocycles. The number of ether oxygens (including phenoxy) is 1. The SMILES string of the molecule is C=CCC[C@@H](NP(=O)(c1ccccc1)c1ccccc1)[C@@H](O)C(=O)c1ccccc1OC. The van der Waals surface area contributed by atoms with E-state index in [1.807, 2.05) is 36.4 Å². The third kappa shape index (κ3) is 5.25. The molecule has 0 unspecified atom stereocenters. The van der Waals surface area contributed by atoms with Crippen LogP contribution >= 0.6 is 7.29 Å². The van der Waals surface area contributed by atoms with E-state index in [0.717, 1.165) is 0 Å². The van der Waals surface area contributed by atoms with Gasteiger partial charge in [0.25, 0.3) is 0 Å². The Labute approximate surface area is 189 Å². The van der Waals surface area contributed by atoms with Gasteiger partial charge in [-0.1, -0.05) is 54.6 Å². The van der Waals surface area contributed by atoms with E-state index in [1.165, 1.54) is 7.11 Å². The van der Waals surface area contributed by atoms with Crippen molar-refractivity contribution in [3.63, 3.8) is 0 Å². The number of methoxy groups -OCH3 is 1. The summed E-state index contributed by atoms with van der Waals surface area (Å²) in [5.41, 5.74) is 0.280. The zero-order valence-electron chi connectivity index (χ0n) is 18.1. The molecule has 166 valence electrons. The van der Waals surface area contributed by atoms with Gasteiger partial charge in [-0.15, -0.1) is 6.58 Å². The maximum atomic E-state index is 14.4. The standard InChI is InChI=1S/C26H28NO4P/c1-3-4-18-23(26(29)25(28)22-17-11-12-19-24(22)31-2)27-32(30,20-13-7-5-8-14-20)21-15-9-6-10-16-21/h3,5-17,19,23,26,29H,1,4,18H2,2H3,(H,27,30)/t23-,26-/m1/s1. The van der Waals surface area contributed by atoms with Crippen molar-refractivity contribution in [2.24, 2.45) is 0 Å². The van der Waals surface area contributed by atoms with E-state index < -0.39 is 25.2 Å². The van der Waals surface area contributed by atoms with Gasteiger partial charge < -0.3 is 9.84 Å². The van der Waals surface area contributed by atoms with Crippen molar-refractivity contribution in [1.29, 1.82) is 0 Å². The van der Waals surface area contributed by atoms with E-state index in [4.69, 9.17) is 4.74 Å². The van der Waals surface area contributed by atoms with Crippen molar-refractivity contribution >= 4 is 23.7 Å². The van der Waals surface area contributed by atoms with Crippen LogP contribution in [0.1, 0.15) is 23.2 Å². The van der Waals surface area contributed by atoms with Gasteiger partial charge in [0.2, 0.25) is 7.29 Å². The van der Waals surface area contributed by atoms with Crippen molar-refractivity contribution in [1.82, 2.24) is 5.09 Å². The predicted molar refractivity (Wildman–Crippen MR) is 129 cm³/mol. The lowest BCUT2D eigenvalue weighted by Gasteiger charge is -2.29. The number of ketones is 1. The largest absolute Gasteiger partial charge is 0.496 e. The summed E-state index contributed by atoms with van der Waals surface area (Å²) in [5.74, 6) is -0.106. The number of aliphatic hydroxyl groups is 1. The minimum absolute atomic E-state index is 0.280. The van der Waals surface area contributed by atoms with Crippen LogP contribution in [0.3, 0.4) is 0 Å². The second-order valence-electron chi connectivity index (χ2n) is 7.39. The number of para-hydroxylation sites is 1. The Kier molecular flexibility index (Phi) is 8.18. The van der Waals surface area contributed by atoms with E-state index >= 15 is 0 Å². The first-order valence-corrected chi connectivity index (χ1v) is 12.2. The lowest BCUT2D eigenvalue weighted by molar-refractivity contribution is 0.0669. The Hall–Kier alpha value is -2.98. The van der Waals surface area contributed by atoms with Gasteiger partial charge in [0, 0.05) is 16.7 Å². The van der Waals surface area contributed by atoms with Gasteiger partial charge in [0.15, 0.2) is 5.78 Å². The van der Waals surface area contributed by atoms with E-state index in [2.05, 4.69) is 11.7 Å². The molecule has 0 aliphatic carbocycles. The summed E-state index contributed by atoms with van der Waals surface area (Å²) in [4.78, 5) is 13.2. The molecule has 2 atom stereocenters. The molecule has 5 nitrogen and oxygen atoms in total. The summed E-state index contributed by atoms with van der Waals surface area (Å²) in [6.45, 7) is 3.75. The fourth-order valence-electron chi connectivity index (χ4n) is 3.59. The van der Waals surface area contributed by atoms with E-state index in [9.17, 15) is 14.5 Å². The van der Waals surface area contributed by atoms with Gasteiger partial charge in [0.05, 0.1) is 12.7 Å². The Bertz CT molecular complexity index is 1040. The molecule has 0 spiro atoms. The number of allylic oxidation sites excluding steroid dienone is 1. The molecule has 0 saturated carbocycles. The summed E-state index contributed by atoms with van der Waals surface area (Å²) >= 11 is 0. The molecule has 3 aromatic carbocycles. The Morgan fingerprint density at radius 1 is 1.00 bits per heavy atom. The van der Waals surface area contributed by atoms with Gasteiger partial charge >= 0.3 is 0 Å². The maximum Gasteiger partial charge on any atom is 0.204 e. The first kappa shape index (κ1) is 23.7. The molecule has 0 fully saturated rings. The van der Waals surface area contributed by atoms with Crippen LogP contribution in [0.25, 0.3) is 0 Å². The highest BCUT2D eigenvalue weighted by Crippen LogP contribution is 2.40. The van der Waals surface area contributed by atoms with Crippen LogP contribution in [0.4, 0.5) is 0 Å². The zero-order chi connectivity index (χ0) is 23.0. The molecule has 32 heavy (non-hydrogen) atoms. The number of carbonyl (C=O) groups excluding carboxylic acids is 1. The van der Waals surface area contributed by atoms with Gasteiger partial charge in [-0.3, -0.25) is 14.4 Å². The molecule has 0 bridgehead atoms. The number of hydrogen-bond donors (Lipinski definition) is 2. The number of carbonyl (C=O) groups is 1. The monoisotopic (exact) mass is 449 g/mol. The van der Waals surface area contributed by atoms with Gasteiger partial charge in [-0.2, -0.15) is 0 Å². The van der Waals surface area contributed by atoms with Crippen LogP contribution < -0.4 is 20.4 Å². The lowest BCUT2D eigenvalue weighted by atomic mass is 9.97. The van der Waals surface area contributed by atoms with Gasteiger partial charge in [-0.05, 0) is 49.2 Å². The molecule has 3 aromatic rings. The van der Waals surface area contributed by atoms with E-state index in [0.29, 0.717) is 29.2 Å². The highest BCUT2D eigenvalue weighted by Gasteiger charge is 2.36. The van der Waals surface area contributed by atoms with Crippen LogP contribution in [0.5, 0.6) is 5.75 Å². The second-order valence-corrected chi connectivity index (χ2v) is 9.90. The number of nitrogens with one attached hydrogen (secondary N) is 1. The summed E-state index contributed by atoms with van der Waals surface area (Å²) in [6.07, 6.45) is 1.21. The lowest BCUT2D eigenvalue weighted by Crippen LogP contribution is -2.46. The Morgan fingerprint density at radius 2 is 1.53 bits per heavy atom. The predicted octanol–water partition coefficient (Wildman–Crippen LogP) is 4.09. The number of hydrogen-bond acceptors (Lipinski definition) is 4. The number of benzene rings is 3. The molecule has 0 amide bonds. The molecule has 2 N–H and O–H groups in total. The van der Waals surface area contributed by atoms with Crippen LogP contribution in [0.15, 0.2) is 97.6 Å². The van der Waals surface area contributed by atoms with Crippen molar-refractivity contribution in [2.75, 3.05) is 7.11 Å². The fraction of sp³-hybridized carbons (Fsp3) is 0.192. The quantitative estimate of drug-likeness (QED) is 0.262. The van der Waals surface area contributed by atoms with Crippen molar-refractivity contribution in [2.45, 2.75) is 25.0 Å². The first-order chi connectivity index (χ1) is 15.5. The van der Waals surface area contributed by atoms with Crippen LogP contribution in [-0.2, 0) is 4.57 Å². The zero-order valence-corrected chi connectivity index (χ0v) is 18.9.